The van der Waals surface area contributed by atoms with E-state index < -0.39 is 5.67 Å². The van der Waals surface area contributed by atoms with Crippen molar-refractivity contribution in [3.63, 3.8) is 0 Å². The number of hydrogen-bond donors (Lipinski definition) is 2. The topological polar surface area (TPSA) is 24.1 Å². The molecule has 0 spiro atoms. The van der Waals surface area contributed by atoms with E-state index in [0.717, 1.165) is 12.2 Å². The van der Waals surface area contributed by atoms with Crippen LogP contribution in [0.3, 0.4) is 0 Å². The fourth-order valence-corrected chi connectivity index (χ4v) is 1.68. The number of anilines is 1. The van der Waals surface area contributed by atoms with Gasteiger partial charge in [0.2, 0.25) is 0 Å². The first kappa shape index (κ1) is 9.46. The van der Waals surface area contributed by atoms with E-state index in [0.29, 0.717) is 19.5 Å². The first-order valence-electron chi connectivity index (χ1n) is 4.97. The molecule has 0 saturated carbocycles. The van der Waals surface area contributed by atoms with Crippen LogP contribution in [0.2, 0.25) is 0 Å². The Bertz CT molecular complexity index is 281. The van der Waals surface area contributed by atoms with Crippen molar-refractivity contribution in [2.24, 2.45) is 0 Å². The highest BCUT2D eigenvalue weighted by Crippen LogP contribution is 2.20. The molecule has 3 heteroatoms. The molecule has 1 fully saturated rings. The van der Waals surface area contributed by atoms with Gasteiger partial charge in [-0.1, -0.05) is 18.2 Å². The number of para-hydroxylation sites is 1. The van der Waals surface area contributed by atoms with Crippen molar-refractivity contribution in [3.8, 4) is 0 Å². The molecule has 14 heavy (non-hydrogen) atoms. The predicted octanol–water partition coefficient (Wildman–Crippen LogP) is 1.80. The first-order valence-corrected chi connectivity index (χ1v) is 4.97. The van der Waals surface area contributed by atoms with E-state index in [1.54, 1.807) is 0 Å². The molecule has 1 atom stereocenters. The summed E-state index contributed by atoms with van der Waals surface area (Å²) >= 11 is 0. The molecule has 1 saturated heterocycles. The Kier molecular flexibility index (Phi) is 2.68. The number of alkyl halides is 1. The maximum Gasteiger partial charge on any atom is 0.141 e. The molecule has 1 aromatic carbocycles. The van der Waals surface area contributed by atoms with Gasteiger partial charge in [0.05, 0.1) is 6.54 Å². The summed E-state index contributed by atoms with van der Waals surface area (Å²) in [5.41, 5.74) is -0.0908. The van der Waals surface area contributed by atoms with Crippen LogP contribution in [0, 0.1) is 0 Å². The lowest BCUT2D eigenvalue weighted by atomic mass is 10.1. The van der Waals surface area contributed by atoms with Crippen LogP contribution in [0.25, 0.3) is 0 Å². The summed E-state index contributed by atoms with van der Waals surface area (Å²) in [4.78, 5) is 0. The molecule has 76 valence electrons. The quantitative estimate of drug-likeness (QED) is 0.766. The molecule has 1 heterocycles. The molecule has 0 aliphatic carbocycles. The number of halogens is 1. The van der Waals surface area contributed by atoms with Crippen molar-refractivity contribution >= 4 is 5.69 Å². The molecular weight excluding hydrogens is 179 g/mol. The summed E-state index contributed by atoms with van der Waals surface area (Å²) in [6, 6.07) is 9.74. The third-order valence-electron chi connectivity index (χ3n) is 2.57. The van der Waals surface area contributed by atoms with Crippen molar-refractivity contribution in [3.05, 3.63) is 30.3 Å². The van der Waals surface area contributed by atoms with Gasteiger partial charge >= 0.3 is 0 Å². The molecule has 2 rings (SSSR count). The molecule has 0 bridgehead atoms. The van der Waals surface area contributed by atoms with E-state index in [2.05, 4.69) is 10.6 Å². The minimum absolute atomic E-state index is 0.393. The molecule has 1 aliphatic rings. The molecule has 0 radical (unpaired) electrons. The Hall–Kier alpha value is -1.09. The van der Waals surface area contributed by atoms with Crippen molar-refractivity contribution in [1.82, 2.24) is 5.32 Å². The van der Waals surface area contributed by atoms with Crippen LogP contribution in [0.5, 0.6) is 0 Å². The lowest BCUT2D eigenvalue weighted by molar-refractivity contribution is 0.208. The number of hydrogen-bond acceptors (Lipinski definition) is 2. The standard InChI is InChI=1S/C11H15FN2/c12-11(6-7-13-8-11)9-14-10-4-2-1-3-5-10/h1-5,13-14H,6-9H2. The molecule has 0 aromatic heterocycles. The van der Waals surface area contributed by atoms with Crippen LogP contribution in [-0.4, -0.2) is 25.3 Å². The van der Waals surface area contributed by atoms with E-state index in [1.807, 2.05) is 30.3 Å². The third kappa shape index (κ3) is 2.23. The summed E-state index contributed by atoms with van der Waals surface area (Å²) in [6.45, 7) is 1.64. The fourth-order valence-electron chi connectivity index (χ4n) is 1.68. The summed E-state index contributed by atoms with van der Waals surface area (Å²) in [6.07, 6.45) is 0.604. The van der Waals surface area contributed by atoms with Gasteiger partial charge in [0.1, 0.15) is 5.67 Å². The zero-order chi connectivity index (χ0) is 9.86. The average molecular weight is 194 g/mol. The SMILES string of the molecule is FC1(CNc2ccccc2)CCNC1. The fraction of sp³-hybridized carbons (Fsp3) is 0.455. The minimum atomic E-state index is -1.07. The van der Waals surface area contributed by atoms with Crippen molar-refractivity contribution in [2.45, 2.75) is 12.1 Å². The minimum Gasteiger partial charge on any atom is -0.382 e. The Morgan fingerprint density at radius 2 is 2.14 bits per heavy atom. The second kappa shape index (κ2) is 3.96. The van der Waals surface area contributed by atoms with Crippen molar-refractivity contribution in [2.75, 3.05) is 25.0 Å². The second-order valence-electron chi connectivity index (χ2n) is 3.80. The second-order valence-corrected chi connectivity index (χ2v) is 3.80. The van der Waals surface area contributed by atoms with Gasteiger partial charge in [0.15, 0.2) is 0 Å². The summed E-state index contributed by atoms with van der Waals surface area (Å²) in [7, 11) is 0. The van der Waals surface area contributed by atoms with Gasteiger partial charge in [-0.25, -0.2) is 4.39 Å². The van der Waals surface area contributed by atoms with E-state index in [4.69, 9.17) is 0 Å². The highest BCUT2D eigenvalue weighted by molar-refractivity contribution is 5.42. The molecule has 2 nitrogen and oxygen atoms in total. The van der Waals surface area contributed by atoms with E-state index in [1.165, 1.54) is 0 Å². The van der Waals surface area contributed by atoms with Gasteiger partial charge in [0.25, 0.3) is 0 Å². The highest BCUT2D eigenvalue weighted by atomic mass is 19.1. The van der Waals surface area contributed by atoms with E-state index >= 15 is 0 Å². The lowest BCUT2D eigenvalue weighted by Gasteiger charge is -2.19. The normalized spacial score (nSPS) is 26.4. The molecule has 1 aromatic rings. The maximum atomic E-state index is 13.9. The molecule has 2 N–H and O–H groups in total. The Balaban J connectivity index is 1.88. The highest BCUT2D eigenvalue weighted by Gasteiger charge is 2.33. The Labute approximate surface area is 83.5 Å². The van der Waals surface area contributed by atoms with Crippen LogP contribution in [-0.2, 0) is 0 Å². The van der Waals surface area contributed by atoms with Gasteiger partial charge in [-0.2, -0.15) is 0 Å². The predicted molar refractivity (Wildman–Crippen MR) is 56.3 cm³/mol. The Morgan fingerprint density at radius 1 is 1.36 bits per heavy atom. The van der Waals surface area contributed by atoms with Crippen LogP contribution in [0.4, 0.5) is 10.1 Å². The first-order chi connectivity index (χ1) is 6.79. The van der Waals surface area contributed by atoms with Gasteiger partial charge in [-0.05, 0) is 25.1 Å². The molecule has 0 amide bonds. The largest absolute Gasteiger partial charge is 0.382 e. The van der Waals surface area contributed by atoms with Gasteiger partial charge in [0, 0.05) is 12.2 Å². The maximum absolute atomic E-state index is 13.9. The third-order valence-corrected chi connectivity index (χ3v) is 2.57. The smallest absolute Gasteiger partial charge is 0.141 e. The van der Waals surface area contributed by atoms with Gasteiger partial charge in [-0.3, -0.25) is 0 Å². The van der Waals surface area contributed by atoms with Crippen molar-refractivity contribution < 1.29 is 4.39 Å². The number of nitrogens with one attached hydrogen (secondary N) is 2. The Morgan fingerprint density at radius 3 is 2.79 bits per heavy atom. The summed E-state index contributed by atoms with van der Waals surface area (Å²) in [5.74, 6) is 0. The van der Waals surface area contributed by atoms with E-state index in [-0.39, 0.29) is 0 Å². The van der Waals surface area contributed by atoms with E-state index in [9.17, 15) is 4.39 Å². The van der Waals surface area contributed by atoms with Crippen molar-refractivity contribution in [1.29, 1.82) is 0 Å². The van der Waals surface area contributed by atoms with Gasteiger partial charge in [-0.15, -0.1) is 0 Å². The molecular formula is C11H15FN2. The number of benzene rings is 1. The zero-order valence-corrected chi connectivity index (χ0v) is 8.09. The monoisotopic (exact) mass is 194 g/mol. The zero-order valence-electron chi connectivity index (χ0n) is 8.09. The lowest BCUT2D eigenvalue weighted by Crippen LogP contribution is -2.34. The summed E-state index contributed by atoms with van der Waals surface area (Å²) in [5, 5.41) is 6.15. The average Bonchev–Trinajstić information content (AvgIpc) is 2.65. The molecule has 1 aliphatic heterocycles. The number of rotatable bonds is 3. The van der Waals surface area contributed by atoms with Crippen LogP contribution in [0.15, 0.2) is 30.3 Å². The summed E-state index contributed by atoms with van der Waals surface area (Å²) < 4.78 is 13.9. The van der Waals surface area contributed by atoms with Crippen LogP contribution in [0.1, 0.15) is 6.42 Å². The molecule has 1 unspecified atom stereocenters. The van der Waals surface area contributed by atoms with Crippen LogP contribution < -0.4 is 10.6 Å². The van der Waals surface area contributed by atoms with Gasteiger partial charge < -0.3 is 10.6 Å². The van der Waals surface area contributed by atoms with Crippen LogP contribution >= 0.6 is 0 Å².